The summed E-state index contributed by atoms with van der Waals surface area (Å²) in [5.41, 5.74) is 3.24. The molecule has 1 atom stereocenters. The molecule has 0 amide bonds. The van der Waals surface area contributed by atoms with Crippen LogP contribution in [0.3, 0.4) is 0 Å². The molecule has 1 unspecified atom stereocenters. The summed E-state index contributed by atoms with van der Waals surface area (Å²) in [6.07, 6.45) is 8.20. The normalized spacial score (nSPS) is 12.6. The first kappa shape index (κ1) is 12.7. The van der Waals surface area contributed by atoms with Gasteiger partial charge in [-0.25, -0.2) is 0 Å². The smallest absolute Gasteiger partial charge is 0.0802 e. The molecule has 0 saturated heterocycles. The summed E-state index contributed by atoms with van der Waals surface area (Å²) in [5, 5.41) is 7.80. The molecule has 0 spiro atoms. The molecule has 5 heteroatoms. The molecule has 18 heavy (non-hydrogen) atoms. The van der Waals surface area contributed by atoms with E-state index in [1.165, 1.54) is 0 Å². The van der Waals surface area contributed by atoms with Gasteiger partial charge in [0.1, 0.15) is 0 Å². The Morgan fingerprint density at radius 1 is 1.33 bits per heavy atom. The van der Waals surface area contributed by atoms with Gasteiger partial charge in [0, 0.05) is 30.7 Å². The van der Waals surface area contributed by atoms with Crippen molar-refractivity contribution in [3.8, 4) is 0 Å². The Labute approximate surface area is 107 Å². The Kier molecular flexibility index (Phi) is 4.04. The molecule has 96 valence electrons. The van der Waals surface area contributed by atoms with E-state index in [2.05, 4.69) is 34.2 Å². The molecule has 0 aliphatic rings. The summed E-state index contributed by atoms with van der Waals surface area (Å²) in [7, 11) is 1.95. The van der Waals surface area contributed by atoms with Crippen LogP contribution in [0.15, 0.2) is 24.8 Å². The number of hydrogen-bond donors (Lipinski definition) is 1. The second-order valence-electron chi connectivity index (χ2n) is 4.33. The molecule has 1 N–H and O–H groups in total. The lowest BCUT2D eigenvalue weighted by Crippen LogP contribution is -2.24. The van der Waals surface area contributed by atoms with Gasteiger partial charge in [-0.05, 0) is 19.9 Å². The van der Waals surface area contributed by atoms with Crippen molar-refractivity contribution < 1.29 is 0 Å². The molecule has 0 radical (unpaired) electrons. The fraction of sp³-hybridized carbons (Fsp3) is 0.462. The van der Waals surface area contributed by atoms with Crippen LogP contribution in [0, 0.1) is 6.92 Å². The molecule has 5 nitrogen and oxygen atoms in total. The first-order valence-corrected chi connectivity index (χ1v) is 6.21. The van der Waals surface area contributed by atoms with Crippen molar-refractivity contribution >= 4 is 0 Å². The Morgan fingerprint density at radius 3 is 2.72 bits per heavy atom. The van der Waals surface area contributed by atoms with Gasteiger partial charge in [0.25, 0.3) is 0 Å². The predicted molar refractivity (Wildman–Crippen MR) is 70.1 cm³/mol. The Bertz CT molecular complexity index is 491. The zero-order valence-electron chi connectivity index (χ0n) is 11.1. The zero-order valence-corrected chi connectivity index (χ0v) is 11.1. The van der Waals surface area contributed by atoms with Crippen molar-refractivity contribution in [1.82, 2.24) is 25.1 Å². The number of aromatic nitrogens is 4. The number of nitrogens with one attached hydrogen (secondary N) is 1. The van der Waals surface area contributed by atoms with Crippen LogP contribution in [0.25, 0.3) is 0 Å². The number of nitrogens with zero attached hydrogens (tertiary/aromatic N) is 4. The second kappa shape index (κ2) is 5.73. The van der Waals surface area contributed by atoms with Crippen LogP contribution in [0.4, 0.5) is 0 Å². The minimum absolute atomic E-state index is 0.0624. The summed E-state index contributed by atoms with van der Waals surface area (Å²) < 4.78 is 1.88. The number of rotatable bonds is 5. The van der Waals surface area contributed by atoms with Gasteiger partial charge in [-0.1, -0.05) is 6.92 Å². The van der Waals surface area contributed by atoms with Gasteiger partial charge in [-0.2, -0.15) is 5.10 Å². The monoisotopic (exact) mass is 245 g/mol. The van der Waals surface area contributed by atoms with Crippen LogP contribution in [0.1, 0.15) is 36.3 Å². The summed E-state index contributed by atoms with van der Waals surface area (Å²) in [4.78, 5) is 8.54. The first-order chi connectivity index (χ1) is 8.74. The molecule has 0 fully saturated rings. The Hall–Kier alpha value is -1.75. The minimum atomic E-state index is 0.0624. The van der Waals surface area contributed by atoms with Crippen LogP contribution in [0.2, 0.25) is 0 Å². The van der Waals surface area contributed by atoms with Gasteiger partial charge in [0.15, 0.2) is 0 Å². The SMILES string of the molecule is CCCNC(c1cnccn1)c1cnn(C)c1C. The van der Waals surface area contributed by atoms with Crippen LogP contribution >= 0.6 is 0 Å². The highest BCUT2D eigenvalue weighted by Gasteiger charge is 2.19. The van der Waals surface area contributed by atoms with Crippen LogP contribution in [-0.2, 0) is 7.05 Å². The fourth-order valence-corrected chi connectivity index (χ4v) is 1.92. The Morgan fingerprint density at radius 2 is 2.17 bits per heavy atom. The van der Waals surface area contributed by atoms with Crippen molar-refractivity contribution in [3.63, 3.8) is 0 Å². The molecular weight excluding hydrogens is 226 g/mol. The molecule has 2 aromatic heterocycles. The largest absolute Gasteiger partial charge is 0.305 e. The zero-order chi connectivity index (χ0) is 13.0. The van der Waals surface area contributed by atoms with Crippen LogP contribution < -0.4 is 5.32 Å². The van der Waals surface area contributed by atoms with Gasteiger partial charge < -0.3 is 5.32 Å². The van der Waals surface area contributed by atoms with Gasteiger partial charge in [-0.15, -0.1) is 0 Å². The third-order valence-electron chi connectivity index (χ3n) is 3.06. The van der Waals surface area contributed by atoms with E-state index in [9.17, 15) is 0 Å². The molecule has 2 aromatic rings. The highest BCUT2D eigenvalue weighted by atomic mass is 15.3. The molecule has 0 aliphatic carbocycles. The first-order valence-electron chi connectivity index (χ1n) is 6.21. The third kappa shape index (κ3) is 2.56. The van der Waals surface area contributed by atoms with Crippen LogP contribution in [0.5, 0.6) is 0 Å². The van der Waals surface area contributed by atoms with E-state index in [1.54, 1.807) is 18.6 Å². The molecule has 0 saturated carbocycles. The summed E-state index contributed by atoms with van der Waals surface area (Å²) in [6.45, 7) is 5.16. The van der Waals surface area contributed by atoms with Crippen molar-refractivity contribution in [3.05, 3.63) is 41.7 Å². The quantitative estimate of drug-likeness (QED) is 0.869. The maximum Gasteiger partial charge on any atom is 0.0802 e. The molecule has 2 heterocycles. The van der Waals surface area contributed by atoms with E-state index < -0.39 is 0 Å². The van der Waals surface area contributed by atoms with Crippen molar-refractivity contribution in [2.45, 2.75) is 26.3 Å². The molecule has 2 rings (SSSR count). The molecule has 0 aromatic carbocycles. The van der Waals surface area contributed by atoms with Gasteiger partial charge in [0.05, 0.1) is 24.1 Å². The lowest BCUT2D eigenvalue weighted by atomic mass is 10.1. The standard InChI is InChI=1S/C13H19N5/c1-4-5-16-13(12-9-14-6-7-15-12)11-8-17-18(3)10(11)2/h6-9,13,16H,4-5H2,1-3H3. The maximum atomic E-state index is 4.40. The Balaban J connectivity index is 2.34. The van der Waals surface area contributed by atoms with Crippen molar-refractivity contribution in [2.24, 2.45) is 7.05 Å². The van der Waals surface area contributed by atoms with Crippen molar-refractivity contribution in [2.75, 3.05) is 6.54 Å². The lowest BCUT2D eigenvalue weighted by molar-refractivity contribution is 0.580. The van der Waals surface area contributed by atoms with Crippen molar-refractivity contribution in [1.29, 1.82) is 0 Å². The highest BCUT2D eigenvalue weighted by Crippen LogP contribution is 2.22. The topological polar surface area (TPSA) is 55.6 Å². The number of aryl methyl sites for hydroxylation is 1. The molecular formula is C13H19N5. The fourth-order valence-electron chi connectivity index (χ4n) is 1.92. The van der Waals surface area contributed by atoms with Gasteiger partial charge >= 0.3 is 0 Å². The number of hydrogen-bond acceptors (Lipinski definition) is 4. The van der Waals surface area contributed by atoms with Gasteiger partial charge in [-0.3, -0.25) is 14.6 Å². The molecule has 0 bridgehead atoms. The summed E-state index contributed by atoms with van der Waals surface area (Å²) >= 11 is 0. The average Bonchev–Trinajstić information content (AvgIpc) is 2.73. The van der Waals surface area contributed by atoms with E-state index in [-0.39, 0.29) is 6.04 Å². The lowest BCUT2D eigenvalue weighted by Gasteiger charge is -2.17. The summed E-state index contributed by atoms with van der Waals surface area (Å²) in [6, 6.07) is 0.0624. The summed E-state index contributed by atoms with van der Waals surface area (Å²) in [5.74, 6) is 0. The van der Waals surface area contributed by atoms with Crippen LogP contribution in [-0.4, -0.2) is 26.3 Å². The predicted octanol–water partition coefficient (Wildman–Crippen LogP) is 1.61. The molecule has 0 aliphatic heterocycles. The van der Waals surface area contributed by atoms with E-state index in [4.69, 9.17) is 0 Å². The van der Waals surface area contributed by atoms with E-state index >= 15 is 0 Å². The van der Waals surface area contributed by atoms with E-state index in [0.29, 0.717) is 0 Å². The minimum Gasteiger partial charge on any atom is -0.305 e. The average molecular weight is 245 g/mol. The van der Waals surface area contributed by atoms with E-state index in [0.717, 1.165) is 29.9 Å². The second-order valence-corrected chi connectivity index (χ2v) is 4.33. The third-order valence-corrected chi connectivity index (χ3v) is 3.06. The highest BCUT2D eigenvalue weighted by molar-refractivity contribution is 5.28. The maximum absolute atomic E-state index is 4.40. The van der Waals surface area contributed by atoms with E-state index in [1.807, 2.05) is 17.9 Å². The van der Waals surface area contributed by atoms with Gasteiger partial charge in [0.2, 0.25) is 0 Å².